The van der Waals surface area contributed by atoms with Gasteiger partial charge in [0.1, 0.15) is 5.69 Å². The first kappa shape index (κ1) is 16.9. The van der Waals surface area contributed by atoms with Crippen LogP contribution in [0.4, 0.5) is 5.95 Å². The van der Waals surface area contributed by atoms with Gasteiger partial charge in [0.2, 0.25) is 5.95 Å². The van der Waals surface area contributed by atoms with Crippen LogP contribution in [0.15, 0.2) is 36.4 Å². The van der Waals surface area contributed by atoms with Crippen LogP contribution in [-0.2, 0) is 6.54 Å². The zero-order valence-corrected chi connectivity index (χ0v) is 14.0. The number of nitrogens with zero attached hydrogens (tertiary/aromatic N) is 2. The largest absolute Gasteiger partial charge is 0.354 e. The molecule has 0 aliphatic heterocycles. The van der Waals surface area contributed by atoms with Gasteiger partial charge in [-0.05, 0) is 30.9 Å². The van der Waals surface area contributed by atoms with Crippen LogP contribution in [0.1, 0.15) is 42.0 Å². The third-order valence-electron chi connectivity index (χ3n) is 3.39. The average Bonchev–Trinajstić information content (AvgIpc) is 2.52. The molecule has 2 aromatic rings. The summed E-state index contributed by atoms with van der Waals surface area (Å²) in [5.41, 5.74) is 2.22. The minimum absolute atomic E-state index is 0.189. The number of aromatic nitrogens is 2. The van der Waals surface area contributed by atoms with Crippen molar-refractivity contribution in [1.29, 1.82) is 0 Å². The normalized spacial score (nSPS) is 10.6. The number of anilines is 1. The number of carbonyl (C=O) groups is 1. The van der Waals surface area contributed by atoms with Crippen molar-refractivity contribution in [1.82, 2.24) is 15.3 Å². The Balaban J connectivity index is 1.97. The molecule has 122 valence electrons. The van der Waals surface area contributed by atoms with E-state index in [4.69, 9.17) is 0 Å². The Morgan fingerprint density at radius 1 is 1.17 bits per heavy atom. The molecule has 0 radical (unpaired) electrons. The summed E-state index contributed by atoms with van der Waals surface area (Å²) in [5, 5.41) is 6.07. The molecule has 0 bridgehead atoms. The zero-order chi connectivity index (χ0) is 16.7. The Kier molecular flexibility index (Phi) is 6.09. The summed E-state index contributed by atoms with van der Waals surface area (Å²) in [4.78, 5) is 20.9. The smallest absolute Gasteiger partial charge is 0.270 e. The van der Waals surface area contributed by atoms with Gasteiger partial charge in [0.25, 0.3) is 5.91 Å². The molecule has 0 saturated heterocycles. The zero-order valence-electron chi connectivity index (χ0n) is 14.0. The Morgan fingerprint density at radius 3 is 2.61 bits per heavy atom. The second-order valence-electron chi connectivity index (χ2n) is 6.00. The maximum absolute atomic E-state index is 12.3. The summed E-state index contributed by atoms with van der Waals surface area (Å²) in [5.74, 6) is 0.933. The molecule has 0 aliphatic rings. The second-order valence-corrected chi connectivity index (χ2v) is 6.00. The molecule has 23 heavy (non-hydrogen) atoms. The highest BCUT2D eigenvalue weighted by molar-refractivity contribution is 5.92. The molecular weight excluding hydrogens is 288 g/mol. The number of nitrogens with one attached hydrogen (secondary N) is 2. The standard InChI is InChI=1S/C18H24N4O/c1-13(2)9-10-19-18-21-14(3)11-16(22-18)17(23)20-12-15-7-5-4-6-8-15/h4-8,11,13H,9-10,12H2,1-3H3,(H,20,23)(H,19,21,22). The van der Waals surface area contributed by atoms with Crippen molar-refractivity contribution in [2.24, 2.45) is 5.92 Å². The lowest BCUT2D eigenvalue weighted by atomic mass is 10.1. The lowest BCUT2D eigenvalue weighted by molar-refractivity contribution is 0.0945. The molecular formula is C18H24N4O. The Morgan fingerprint density at radius 2 is 1.91 bits per heavy atom. The predicted octanol–water partition coefficient (Wildman–Crippen LogP) is 3.17. The van der Waals surface area contributed by atoms with Crippen molar-refractivity contribution >= 4 is 11.9 Å². The van der Waals surface area contributed by atoms with Crippen LogP contribution in [0.5, 0.6) is 0 Å². The minimum atomic E-state index is -0.189. The first-order valence-electron chi connectivity index (χ1n) is 7.96. The molecule has 5 heteroatoms. The van der Waals surface area contributed by atoms with E-state index in [1.807, 2.05) is 37.3 Å². The molecule has 0 spiro atoms. The lowest BCUT2D eigenvalue weighted by Crippen LogP contribution is -2.24. The van der Waals surface area contributed by atoms with Gasteiger partial charge in [-0.1, -0.05) is 44.2 Å². The van der Waals surface area contributed by atoms with E-state index in [1.54, 1.807) is 6.07 Å². The van der Waals surface area contributed by atoms with Crippen LogP contribution in [-0.4, -0.2) is 22.4 Å². The molecule has 0 saturated carbocycles. The average molecular weight is 312 g/mol. The van der Waals surface area contributed by atoms with E-state index in [9.17, 15) is 4.79 Å². The number of carbonyl (C=O) groups excluding carboxylic acids is 1. The number of hydrogen-bond donors (Lipinski definition) is 2. The first-order chi connectivity index (χ1) is 11.0. The topological polar surface area (TPSA) is 66.9 Å². The van der Waals surface area contributed by atoms with Crippen LogP contribution < -0.4 is 10.6 Å². The summed E-state index contributed by atoms with van der Waals surface area (Å²) in [6, 6.07) is 11.5. The van der Waals surface area contributed by atoms with Gasteiger partial charge in [0.15, 0.2) is 0 Å². The maximum Gasteiger partial charge on any atom is 0.270 e. The Labute approximate surface area is 137 Å². The number of hydrogen-bond acceptors (Lipinski definition) is 4. The summed E-state index contributed by atoms with van der Waals surface area (Å²) in [6.07, 6.45) is 1.03. The molecule has 0 aliphatic carbocycles. The molecule has 0 atom stereocenters. The van der Waals surface area contributed by atoms with Gasteiger partial charge in [-0.3, -0.25) is 4.79 Å². The van der Waals surface area contributed by atoms with Gasteiger partial charge < -0.3 is 10.6 Å². The molecule has 1 aromatic carbocycles. The monoisotopic (exact) mass is 312 g/mol. The second kappa shape index (κ2) is 8.27. The van der Waals surface area contributed by atoms with E-state index >= 15 is 0 Å². The van der Waals surface area contributed by atoms with Gasteiger partial charge in [0.05, 0.1) is 0 Å². The van der Waals surface area contributed by atoms with Gasteiger partial charge in [-0.2, -0.15) is 0 Å². The van der Waals surface area contributed by atoms with Crippen LogP contribution >= 0.6 is 0 Å². The van der Waals surface area contributed by atoms with Crippen LogP contribution in [0.25, 0.3) is 0 Å². The Hall–Kier alpha value is -2.43. The van der Waals surface area contributed by atoms with Crippen molar-refractivity contribution in [3.05, 3.63) is 53.3 Å². The lowest BCUT2D eigenvalue weighted by Gasteiger charge is -2.10. The quantitative estimate of drug-likeness (QED) is 0.824. The summed E-state index contributed by atoms with van der Waals surface area (Å²) in [6.45, 7) is 7.48. The molecule has 0 fully saturated rings. The molecule has 2 rings (SSSR count). The SMILES string of the molecule is Cc1cc(C(=O)NCc2ccccc2)nc(NCCC(C)C)n1. The summed E-state index contributed by atoms with van der Waals surface area (Å²) in [7, 11) is 0. The van der Waals surface area contributed by atoms with Crippen molar-refractivity contribution in [3.8, 4) is 0 Å². The maximum atomic E-state index is 12.3. The molecule has 0 unspecified atom stereocenters. The minimum Gasteiger partial charge on any atom is -0.354 e. The van der Waals surface area contributed by atoms with Crippen molar-refractivity contribution in [3.63, 3.8) is 0 Å². The van der Waals surface area contributed by atoms with Crippen molar-refractivity contribution in [2.45, 2.75) is 33.7 Å². The first-order valence-corrected chi connectivity index (χ1v) is 7.96. The number of rotatable bonds is 7. The molecule has 2 N–H and O–H groups in total. The van der Waals surface area contributed by atoms with Crippen molar-refractivity contribution < 1.29 is 4.79 Å². The number of aryl methyl sites for hydroxylation is 1. The van der Waals surface area contributed by atoms with E-state index in [1.165, 1.54) is 0 Å². The summed E-state index contributed by atoms with van der Waals surface area (Å²) < 4.78 is 0. The van der Waals surface area contributed by atoms with Gasteiger partial charge in [-0.15, -0.1) is 0 Å². The summed E-state index contributed by atoms with van der Waals surface area (Å²) >= 11 is 0. The molecule has 1 amide bonds. The number of benzene rings is 1. The van der Waals surface area contributed by atoms with E-state index in [-0.39, 0.29) is 5.91 Å². The fourth-order valence-electron chi connectivity index (χ4n) is 2.11. The highest BCUT2D eigenvalue weighted by Gasteiger charge is 2.10. The number of amides is 1. The molecule has 1 aromatic heterocycles. The van der Waals surface area contributed by atoms with Crippen LogP contribution in [0.2, 0.25) is 0 Å². The third kappa shape index (κ3) is 5.70. The fourth-order valence-corrected chi connectivity index (χ4v) is 2.11. The third-order valence-corrected chi connectivity index (χ3v) is 3.39. The van der Waals surface area contributed by atoms with E-state index in [2.05, 4.69) is 34.4 Å². The predicted molar refractivity (Wildman–Crippen MR) is 92.3 cm³/mol. The van der Waals surface area contributed by atoms with Gasteiger partial charge in [-0.25, -0.2) is 9.97 Å². The van der Waals surface area contributed by atoms with Gasteiger partial charge >= 0.3 is 0 Å². The molecule has 5 nitrogen and oxygen atoms in total. The molecule has 1 heterocycles. The van der Waals surface area contributed by atoms with E-state index in [0.717, 1.165) is 24.2 Å². The van der Waals surface area contributed by atoms with Crippen LogP contribution in [0.3, 0.4) is 0 Å². The van der Waals surface area contributed by atoms with E-state index in [0.29, 0.717) is 24.1 Å². The highest BCUT2D eigenvalue weighted by Crippen LogP contribution is 2.07. The van der Waals surface area contributed by atoms with Gasteiger partial charge in [0, 0.05) is 18.8 Å². The van der Waals surface area contributed by atoms with E-state index < -0.39 is 0 Å². The fraction of sp³-hybridized carbons (Fsp3) is 0.389. The van der Waals surface area contributed by atoms with Crippen molar-refractivity contribution in [2.75, 3.05) is 11.9 Å². The highest BCUT2D eigenvalue weighted by atomic mass is 16.1. The van der Waals surface area contributed by atoms with Crippen LogP contribution in [0, 0.1) is 12.8 Å². The Bertz CT molecular complexity index is 641.